The molecular formula is C7H4ClF2N3O2S. The van der Waals surface area contributed by atoms with E-state index in [2.05, 4.69) is 4.98 Å². The Balaban J connectivity index is 3.58. The summed E-state index contributed by atoms with van der Waals surface area (Å²) in [5, 5.41) is 8.55. The minimum atomic E-state index is -4.22. The Morgan fingerprint density at radius 2 is 2.12 bits per heavy atom. The maximum atomic E-state index is 12.4. The number of hydrogen-bond donors (Lipinski definition) is 1. The lowest BCUT2D eigenvalue weighted by atomic mass is 10.2. The highest BCUT2D eigenvalue weighted by atomic mass is 35.7. The summed E-state index contributed by atoms with van der Waals surface area (Å²) in [6.07, 6.45) is -3.02. The third kappa shape index (κ3) is 2.37. The van der Waals surface area contributed by atoms with Crippen LogP contribution in [0.1, 0.15) is 17.7 Å². The van der Waals surface area contributed by atoms with E-state index in [4.69, 9.17) is 21.7 Å². The molecule has 0 bridgehead atoms. The van der Waals surface area contributed by atoms with Crippen LogP contribution in [0.15, 0.2) is 11.0 Å². The largest absolute Gasteiger partial charge is 0.383 e. The molecule has 0 unspecified atom stereocenters. The van der Waals surface area contributed by atoms with Crippen LogP contribution in [0.5, 0.6) is 0 Å². The van der Waals surface area contributed by atoms with Gasteiger partial charge in [-0.2, -0.15) is 5.26 Å². The van der Waals surface area contributed by atoms with Crippen LogP contribution in [0.2, 0.25) is 0 Å². The molecule has 0 fully saturated rings. The molecule has 5 nitrogen and oxygen atoms in total. The molecule has 86 valence electrons. The van der Waals surface area contributed by atoms with E-state index in [1.807, 2.05) is 0 Å². The summed E-state index contributed by atoms with van der Waals surface area (Å²) in [4.78, 5) is 2.49. The topological polar surface area (TPSA) is 96.8 Å². The first-order chi connectivity index (χ1) is 7.27. The molecular weight excluding hydrogens is 264 g/mol. The summed E-state index contributed by atoms with van der Waals surface area (Å²) in [6, 6.07) is 2.07. The van der Waals surface area contributed by atoms with Crippen LogP contribution in [0.4, 0.5) is 14.6 Å². The van der Waals surface area contributed by atoms with E-state index < -0.39 is 37.4 Å². The molecule has 0 aliphatic rings. The molecule has 0 radical (unpaired) electrons. The number of rotatable bonds is 2. The predicted molar refractivity (Wildman–Crippen MR) is 51.4 cm³/mol. The zero-order valence-electron chi connectivity index (χ0n) is 7.49. The number of pyridine rings is 1. The van der Waals surface area contributed by atoms with Crippen molar-refractivity contribution >= 4 is 25.6 Å². The monoisotopic (exact) mass is 267 g/mol. The van der Waals surface area contributed by atoms with Gasteiger partial charge in [-0.25, -0.2) is 22.2 Å². The minimum absolute atomic E-state index is 0.580. The van der Waals surface area contributed by atoms with Gasteiger partial charge in [0.1, 0.15) is 22.5 Å². The number of nitriles is 1. The summed E-state index contributed by atoms with van der Waals surface area (Å²) < 4.78 is 46.6. The van der Waals surface area contributed by atoms with Gasteiger partial charge in [-0.1, -0.05) is 0 Å². The van der Waals surface area contributed by atoms with Gasteiger partial charge in [-0.05, 0) is 6.07 Å². The number of aromatic nitrogens is 1. The van der Waals surface area contributed by atoms with Gasteiger partial charge in [0.05, 0.1) is 5.56 Å². The van der Waals surface area contributed by atoms with Gasteiger partial charge in [-0.15, -0.1) is 0 Å². The van der Waals surface area contributed by atoms with Crippen LogP contribution in [-0.4, -0.2) is 13.4 Å². The van der Waals surface area contributed by atoms with Crippen molar-refractivity contribution in [1.82, 2.24) is 4.98 Å². The molecule has 0 amide bonds. The van der Waals surface area contributed by atoms with Crippen molar-refractivity contribution in [2.24, 2.45) is 0 Å². The Bertz CT molecular complexity index is 568. The summed E-state index contributed by atoms with van der Waals surface area (Å²) in [5.41, 5.74) is 3.70. The maximum Gasteiger partial charge on any atom is 0.281 e. The molecule has 16 heavy (non-hydrogen) atoms. The normalized spacial score (nSPS) is 11.4. The van der Waals surface area contributed by atoms with Crippen LogP contribution >= 0.6 is 10.7 Å². The van der Waals surface area contributed by atoms with Crippen molar-refractivity contribution < 1.29 is 17.2 Å². The molecule has 9 heteroatoms. The molecule has 0 spiro atoms. The predicted octanol–water partition coefficient (Wildman–Crippen LogP) is 1.40. The van der Waals surface area contributed by atoms with Gasteiger partial charge in [0.25, 0.3) is 15.5 Å². The molecule has 0 aliphatic heterocycles. The molecule has 1 aromatic rings. The molecule has 1 heterocycles. The van der Waals surface area contributed by atoms with E-state index in [0.29, 0.717) is 6.07 Å². The van der Waals surface area contributed by atoms with Gasteiger partial charge >= 0.3 is 0 Å². The third-order valence-electron chi connectivity index (χ3n) is 1.63. The van der Waals surface area contributed by atoms with Crippen LogP contribution in [0.3, 0.4) is 0 Å². The van der Waals surface area contributed by atoms with Crippen molar-refractivity contribution in [2.75, 3.05) is 5.73 Å². The second kappa shape index (κ2) is 4.19. The second-order valence-corrected chi connectivity index (χ2v) is 5.19. The highest BCUT2D eigenvalue weighted by Gasteiger charge is 2.22. The smallest absolute Gasteiger partial charge is 0.281 e. The van der Waals surface area contributed by atoms with Crippen molar-refractivity contribution in [1.29, 1.82) is 5.26 Å². The fourth-order valence-electron chi connectivity index (χ4n) is 0.975. The molecule has 2 N–H and O–H groups in total. The van der Waals surface area contributed by atoms with E-state index in [9.17, 15) is 17.2 Å². The number of hydrogen-bond acceptors (Lipinski definition) is 5. The molecule has 1 rings (SSSR count). The average molecular weight is 268 g/mol. The zero-order chi connectivity index (χ0) is 12.5. The lowest BCUT2D eigenvalue weighted by molar-refractivity contribution is 0.146. The Hall–Kier alpha value is -1.46. The van der Waals surface area contributed by atoms with Crippen LogP contribution in [0, 0.1) is 11.3 Å². The van der Waals surface area contributed by atoms with Gasteiger partial charge in [0.2, 0.25) is 0 Å². The first kappa shape index (κ1) is 12.6. The van der Waals surface area contributed by atoms with Crippen LogP contribution < -0.4 is 5.73 Å². The third-order valence-corrected chi connectivity index (χ3v) is 2.99. The van der Waals surface area contributed by atoms with Gasteiger partial charge in [0.15, 0.2) is 0 Å². The number of nitrogens with zero attached hydrogens (tertiary/aromatic N) is 2. The molecule has 0 aliphatic carbocycles. The van der Waals surface area contributed by atoms with Gasteiger partial charge in [0, 0.05) is 10.7 Å². The molecule has 0 saturated heterocycles. The Morgan fingerprint density at radius 3 is 2.50 bits per heavy atom. The first-order valence-electron chi connectivity index (χ1n) is 3.70. The lowest BCUT2D eigenvalue weighted by Gasteiger charge is -2.06. The van der Waals surface area contributed by atoms with Crippen molar-refractivity contribution in [2.45, 2.75) is 11.3 Å². The number of anilines is 1. The van der Waals surface area contributed by atoms with Crippen molar-refractivity contribution in [3.05, 3.63) is 17.3 Å². The summed E-state index contributed by atoms with van der Waals surface area (Å²) in [6.45, 7) is 0. The van der Waals surface area contributed by atoms with E-state index in [0.717, 1.165) is 0 Å². The van der Waals surface area contributed by atoms with E-state index in [1.165, 1.54) is 6.07 Å². The van der Waals surface area contributed by atoms with Crippen LogP contribution in [-0.2, 0) is 9.05 Å². The number of nitrogen functional groups attached to an aromatic ring is 1. The number of halogens is 3. The fraction of sp³-hybridized carbons (Fsp3) is 0.143. The Morgan fingerprint density at radius 1 is 1.56 bits per heavy atom. The van der Waals surface area contributed by atoms with Gasteiger partial charge in [-0.3, -0.25) is 0 Å². The highest BCUT2D eigenvalue weighted by molar-refractivity contribution is 8.13. The summed E-state index contributed by atoms with van der Waals surface area (Å²) >= 11 is 0. The molecule has 0 atom stereocenters. The summed E-state index contributed by atoms with van der Waals surface area (Å²) in [7, 11) is 0.760. The quantitative estimate of drug-likeness (QED) is 0.817. The second-order valence-electron chi connectivity index (χ2n) is 2.65. The van der Waals surface area contributed by atoms with Gasteiger partial charge < -0.3 is 5.73 Å². The maximum absolute atomic E-state index is 12.4. The SMILES string of the molecule is N#Cc1cc(S(=O)(=O)Cl)c(N)nc1C(F)F. The van der Waals surface area contributed by atoms with Crippen molar-refractivity contribution in [3.63, 3.8) is 0 Å². The fourth-order valence-corrected chi connectivity index (χ4v) is 1.90. The highest BCUT2D eigenvalue weighted by Crippen LogP contribution is 2.27. The van der Waals surface area contributed by atoms with E-state index >= 15 is 0 Å². The van der Waals surface area contributed by atoms with Crippen molar-refractivity contribution in [3.8, 4) is 6.07 Å². The Labute approximate surface area is 93.9 Å². The van der Waals surface area contributed by atoms with E-state index in [1.54, 1.807) is 0 Å². The Kier molecular flexibility index (Phi) is 3.30. The number of alkyl halides is 2. The lowest BCUT2D eigenvalue weighted by Crippen LogP contribution is -2.06. The molecule has 0 saturated carbocycles. The summed E-state index contributed by atoms with van der Waals surface area (Å²) in [5.74, 6) is -0.663. The zero-order valence-corrected chi connectivity index (χ0v) is 9.06. The first-order valence-corrected chi connectivity index (χ1v) is 6.01. The minimum Gasteiger partial charge on any atom is -0.383 e. The average Bonchev–Trinajstić information content (AvgIpc) is 2.15. The van der Waals surface area contributed by atoms with Crippen LogP contribution in [0.25, 0.3) is 0 Å². The molecule has 0 aromatic carbocycles. The number of nitrogens with two attached hydrogens (primary N) is 1. The standard InChI is InChI=1S/C7H4ClF2N3O2S/c8-16(14,15)4-1-3(2-11)5(6(9)10)13-7(4)12/h1,6H,(H2,12,13). The van der Waals surface area contributed by atoms with E-state index in [-0.39, 0.29) is 0 Å². The molecule has 1 aromatic heterocycles.